The number of allylic oxidation sites excluding steroid dienone is 3. The maximum atomic E-state index is 5.90. The van der Waals surface area contributed by atoms with Crippen molar-refractivity contribution in [2.45, 2.75) is 39.0 Å². The van der Waals surface area contributed by atoms with Crippen molar-refractivity contribution in [3.8, 4) is 0 Å². The number of rotatable bonds is 4. The molecule has 0 bridgehead atoms. The molecule has 0 amide bonds. The van der Waals surface area contributed by atoms with E-state index in [1.54, 1.807) is 0 Å². The molecule has 18 heavy (non-hydrogen) atoms. The minimum Gasteiger partial charge on any atom is -0.327 e. The Hall–Kier alpha value is -1.34. The SMILES string of the molecule is CCCC1=C(CN)CC(c2cccc(C)c2)C=C1. The molecule has 1 heteroatoms. The molecule has 2 N–H and O–H groups in total. The van der Waals surface area contributed by atoms with E-state index in [4.69, 9.17) is 5.73 Å². The molecule has 1 nitrogen and oxygen atoms in total. The summed E-state index contributed by atoms with van der Waals surface area (Å²) in [5, 5.41) is 0. The van der Waals surface area contributed by atoms with Gasteiger partial charge in [0.25, 0.3) is 0 Å². The largest absolute Gasteiger partial charge is 0.327 e. The zero-order valence-electron chi connectivity index (χ0n) is 11.4. The summed E-state index contributed by atoms with van der Waals surface area (Å²) in [6, 6.07) is 8.80. The number of benzene rings is 1. The first kappa shape index (κ1) is 13.1. The Labute approximate surface area is 110 Å². The van der Waals surface area contributed by atoms with Crippen LogP contribution in [0.1, 0.15) is 43.2 Å². The van der Waals surface area contributed by atoms with E-state index in [1.165, 1.54) is 28.7 Å². The molecule has 0 fully saturated rings. The Balaban J connectivity index is 2.19. The van der Waals surface area contributed by atoms with Gasteiger partial charge in [-0.15, -0.1) is 0 Å². The summed E-state index contributed by atoms with van der Waals surface area (Å²) in [4.78, 5) is 0. The molecule has 96 valence electrons. The molecule has 0 saturated carbocycles. The molecule has 0 aliphatic heterocycles. The topological polar surface area (TPSA) is 26.0 Å². The summed E-state index contributed by atoms with van der Waals surface area (Å²) >= 11 is 0. The quantitative estimate of drug-likeness (QED) is 0.844. The van der Waals surface area contributed by atoms with Gasteiger partial charge in [-0.3, -0.25) is 0 Å². The molecule has 0 heterocycles. The third-order valence-corrected chi connectivity index (χ3v) is 3.69. The van der Waals surface area contributed by atoms with Gasteiger partial charge in [0.15, 0.2) is 0 Å². The fraction of sp³-hybridized carbons (Fsp3) is 0.412. The highest BCUT2D eigenvalue weighted by molar-refractivity contribution is 5.38. The first-order chi connectivity index (χ1) is 8.74. The lowest BCUT2D eigenvalue weighted by atomic mass is 9.83. The third-order valence-electron chi connectivity index (χ3n) is 3.69. The number of aryl methyl sites for hydroxylation is 1. The minimum atomic E-state index is 0.504. The van der Waals surface area contributed by atoms with Gasteiger partial charge in [0.05, 0.1) is 0 Å². The van der Waals surface area contributed by atoms with Crippen LogP contribution in [0, 0.1) is 6.92 Å². The van der Waals surface area contributed by atoms with Crippen LogP contribution in [-0.4, -0.2) is 6.54 Å². The van der Waals surface area contributed by atoms with Gasteiger partial charge in [0.2, 0.25) is 0 Å². The monoisotopic (exact) mass is 241 g/mol. The van der Waals surface area contributed by atoms with Gasteiger partial charge in [0.1, 0.15) is 0 Å². The molecule has 0 aromatic heterocycles. The average Bonchev–Trinajstić information content (AvgIpc) is 2.39. The molecule has 1 aliphatic carbocycles. The van der Waals surface area contributed by atoms with Crippen LogP contribution in [0.2, 0.25) is 0 Å². The zero-order chi connectivity index (χ0) is 13.0. The van der Waals surface area contributed by atoms with Crippen molar-refractivity contribution in [2.24, 2.45) is 5.73 Å². The Kier molecular flexibility index (Phi) is 4.38. The van der Waals surface area contributed by atoms with Crippen LogP contribution in [-0.2, 0) is 0 Å². The van der Waals surface area contributed by atoms with Crippen molar-refractivity contribution in [2.75, 3.05) is 6.54 Å². The molecule has 0 spiro atoms. The smallest absolute Gasteiger partial charge is 0.0143 e. The van der Waals surface area contributed by atoms with E-state index in [1.807, 2.05) is 0 Å². The van der Waals surface area contributed by atoms with Crippen LogP contribution in [0.25, 0.3) is 0 Å². The van der Waals surface area contributed by atoms with Crippen LogP contribution >= 0.6 is 0 Å². The van der Waals surface area contributed by atoms with Gasteiger partial charge in [-0.1, -0.05) is 60.9 Å². The average molecular weight is 241 g/mol. The first-order valence-electron chi connectivity index (χ1n) is 6.90. The summed E-state index contributed by atoms with van der Waals surface area (Å²) in [5.74, 6) is 0.504. The Morgan fingerprint density at radius 3 is 2.83 bits per heavy atom. The molecular weight excluding hydrogens is 218 g/mol. The maximum Gasteiger partial charge on any atom is 0.0143 e. The Morgan fingerprint density at radius 1 is 1.33 bits per heavy atom. The third kappa shape index (κ3) is 2.91. The van der Waals surface area contributed by atoms with Gasteiger partial charge in [-0.25, -0.2) is 0 Å². The van der Waals surface area contributed by atoms with Gasteiger partial charge in [-0.2, -0.15) is 0 Å². The van der Waals surface area contributed by atoms with Gasteiger partial charge < -0.3 is 5.73 Å². The van der Waals surface area contributed by atoms with Crippen molar-refractivity contribution >= 4 is 0 Å². The van der Waals surface area contributed by atoms with E-state index in [9.17, 15) is 0 Å². The van der Waals surface area contributed by atoms with Crippen LogP contribution in [0.4, 0.5) is 0 Å². The molecule has 1 atom stereocenters. The van der Waals surface area contributed by atoms with E-state index in [0.29, 0.717) is 12.5 Å². The van der Waals surface area contributed by atoms with Gasteiger partial charge in [-0.05, 0) is 30.9 Å². The highest BCUT2D eigenvalue weighted by atomic mass is 14.5. The standard InChI is InChI=1S/C17H23N/c1-3-5-14-8-9-16(11-17(14)12-18)15-7-4-6-13(2)10-15/h4,6-10,16H,3,5,11-12,18H2,1-2H3. The highest BCUT2D eigenvalue weighted by Crippen LogP contribution is 2.32. The van der Waals surface area contributed by atoms with Gasteiger partial charge in [0, 0.05) is 12.5 Å². The van der Waals surface area contributed by atoms with E-state index in [0.717, 1.165) is 12.8 Å². The van der Waals surface area contributed by atoms with E-state index >= 15 is 0 Å². The van der Waals surface area contributed by atoms with Crippen molar-refractivity contribution < 1.29 is 0 Å². The van der Waals surface area contributed by atoms with Crippen molar-refractivity contribution in [1.82, 2.24) is 0 Å². The predicted molar refractivity (Wildman–Crippen MR) is 78.7 cm³/mol. The van der Waals surface area contributed by atoms with E-state index in [2.05, 4.69) is 50.3 Å². The molecule has 1 unspecified atom stereocenters. The van der Waals surface area contributed by atoms with Gasteiger partial charge >= 0.3 is 0 Å². The Bertz CT molecular complexity index is 468. The maximum absolute atomic E-state index is 5.90. The lowest BCUT2D eigenvalue weighted by Gasteiger charge is -2.22. The Morgan fingerprint density at radius 2 is 2.17 bits per heavy atom. The van der Waals surface area contributed by atoms with Crippen LogP contribution in [0.5, 0.6) is 0 Å². The van der Waals surface area contributed by atoms with Crippen molar-refractivity contribution in [3.63, 3.8) is 0 Å². The molecule has 1 aromatic carbocycles. The van der Waals surface area contributed by atoms with E-state index < -0.39 is 0 Å². The lowest BCUT2D eigenvalue weighted by molar-refractivity contribution is 0.760. The second-order valence-electron chi connectivity index (χ2n) is 5.17. The second-order valence-corrected chi connectivity index (χ2v) is 5.17. The second kappa shape index (κ2) is 6.01. The number of nitrogens with two attached hydrogens (primary N) is 1. The molecule has 1 aliphatic rings. The van der Waals surface area contributed by atoms with E-state index in [-0.39, 0.29) is 0 Å². The highest BCUT2D eigenvalue weighted by Gasteiger charge is 2.16. The first-order valence-corrected chi connectivity index (χ1v) is 6.90. The minimum absolute atomic E-state index is 0.504. The van der Waals surface area contributed by atoms with Crippen LogP contribution < -0.4 is 5.73 Å². The fourth-order valence-electron chi connectivity index (χ4n) is 2.69. The van der Waals surface area contributed by atoms with Crippen molar-refractivity contribution in [1.29, 1.82) is 0 Å². The summed E-state index contributed by atoms with van der Waals surface area (Å²) in [7, 11) is 0. The summed E-state index contributed by atoms with van der Waals surface area (Å²) in [5.41, 5.74) is 11.5. The molecular formula is C17H23N. The number of hydrogen-bond donors (Lipinski definition) is 1. The molecule has 0 saturated heterocycles. The fourth-order valence-corrected chi connectivity index (χ4v) is 2.69. The zero-order valence-corrected chi connectivity index (χ0v) is 11.4. The number of hydrogen-bond acceptors (Lipinski definition) is 1. The molecule has 0 radical (unpaired) electrons. The summed E-state index contributed by atoms with van der Waals surface area (Å²) in [6.45, 7) is 5.07. The summed E-state index contributed by atoms with van der Waals surface area (Å²) in [6.07, 6.45) is 8.08. The lowest BCUT2D eigenvalue weighted by Crippen LogP contribution is -2.12. The normalized spacial score (nSPS) is 19.4. The van der Waals surface area contributed by atoms with Crippen LogP contribution in [0.15, 0.2) is 47.6 Å². The van der Waals surface area contributed by atoms with Crippen LogP contribution in [0.3, 0.4) is 0 Å². The van der Waals surface area contributed by atoms with Crippen molar-refractivity contribution in [3.05, 3.63) is 58.7 Å². The summed E-state index contributed by atoms with van der Waals surface area (Å²) < 4.78 is 0. The molecule has 1 aromatic rings. The predicted octanol–water partition coefficient (Wildman–Crippen LogP) is 4.09. The molecule has 2 rings (SSSR count).